The summed E-state index contributed by atoms with van der Waals surface area (Å²) in [6.45, 7) is 11.8. The predicted molar refractivity (Wildman–Crippen MR) is 61.9 cm³/mol. The first kappa shape index (κ1) is 13.0. The highest BCUT2D eigenvalue weighted by Crippen LogP contribution is 2.21. The van der Waals surface area contributed by atoms with Crippen molar-refractivity contribution in [3.63, 3.8) is 0 Å². The van der Waals surface area contributed by atoms with Crippen molar-refractivity contribution < 1.29 is 0 Å². The van der Waals surface area contributed by atoms with E-state index in [1.165, 1.54) is 32.1 Å². The molecule has 0 aromatic heterocycles. The Morgan fingerprint density at radius 3 is 1.62 bits per heavy atom. The zero-order valence-corrected chi connectivity index (χ0v) is 10.3. The van der Waals surface area contributed by atoms with Gasteiger partial charge in [0, 0.05) is 0 Å². The van der Waals surface area contributed by atoms with Crippen LogP contribution < -0.4 is 0 Å². The first-order valence-electron chi connectivity index (χ1n) is 6.10. The fourth-order valence-electron chi connectivity index (χ4n) is 1.74. The summed E-state index contributed by atoms with van der Waals surface area (Å²) in [5.74, 6) is 2.79. The summed E-state index contributed by atoms with van der Waals surface area (Å²) in [5, 5.41) is 0. The third-order valence-electron chi connectivity index (χ3n) is 3.35. The van der Waals surface area contributed by atoms with E-state index in [2.05, 4.69) is 34.6 Å². The highest BCUT2D eigenvalue weighted by atomic mass is 14.1. The maximum absolute atomic E-state index is 2.41. The largest absolute Gasteiger partial charge is 0.0651 e. The molecular formula is C13H28. The molecule has 0 aromatic rings. The van der Waals surface area contributed by atoms with Gasteiger partial charge in [-0.05, 0) is 24.2 Å². The van der Waals surface area contributed by atoms with Gasteiger partial charge in [0.1, 0.15) is 0 Å². The summed E-state index contributed by atoms with van der Waals surface area (Å²) in [5.41, 5.74) is 0. The lowest BCUT2D eigenvalue weighted by Gasteiger charge is -2.17. The summed E-state index contributed by atoms with van der Waals surface area (Å²) in [7, 11) is 0. The molecular weight excluding hydrogens is 156 g/mol. The Bertz CT molecular complexity index is 107. The van der Waals surface area contributed by atoms with Gasteiger partial charge in [0.25, 0.3) is 0 Å². The van der Waals surface area contributed by atoms with E-state index in [4.69, 9.17) is 0 Å². The second-order valence-corrected chi connectivity index (χ2v) is 4.95. The Kier molecular flexibility index (Phi) is 7.41. The van der Waals surface area contributed by atoms with Crippen LogP contribution in [-0.2, 0) is 0 Å². The van der Waals surface area contributed by atoms with Crippen LogP contribution in [0, 0.1) is 17.8 Å². The molecule has 0 nitrogen and oxygen atoms in total. The smallest absolute Gasteiger partial charge is 0.0440 e. The average molecular weight is 184 g/mol. The van der Waals surface area contributed by atoms with Crippen LogP contribution in [0.15, 0.2) is 0 Å². The van der Waals surface area contributed by atoms with Gasteiger partial charge in [-0.3, -0.25) is 0 Å². The van der Waals surface area contributed by atoms with Crippen molar-refractivity contribution in [2.45, 2.75) is 66.7 Å². The third kappa shape index (κ3) is 7.10. The lowest BCUT2D eigenvalue weighted by molar-refractivity contribution is 0.352. The molecule has 0 radical (unpaired) electrons. The highest BCUT2D eigenvalue weighted by molar-refractivity contribution is 4.60. The van der Waals surface area contributed by atoms with Crippen LogP contribution in [-0.4, -0.2) is 0 Å². The molecule has 0 bridgehead atoms. The molecule has 0 aliphatic carbocycles. The summed E-state index contributed by atoms with van der Waals surface area (Å²) in [6, 6.07) is 0. The summed E-state index contributed by atoms with van der Waals surface area (Å²) < 4.78 is 0. The van der Waals surface area contributed by atoms with E-state index in [1.807, 2.05) is 0 Å². The van der Waals surface area contributed by atoms with Gasteiger partial charge in [0.05, 0.1) is 0 Å². The zero-order chi connectivity index (χ0) is 10.3. The van der Waals surface area contributed by atoms with Crippen molar-refractivity contribution in [3.8, 4) is 0 Å². The Labute approximate surface area is 85.1 Å². The molecule has 0 fully saturated rings. The minimum atomic E-state index is 0.923. The maximum Gasteiger partial charge on any atom is -0.0440 e. The Balaban J connectivity index is 3.45. The fraction of sp³-hybridized carbons (Fsp3) is 1.00. The van der Waals surface area contributed by atoms with Gasteiger partial charge >= 0.3 is 0 Å². The Hall–Kier alpha value is 0. The lowest BCUT2D eigenvalue weighted by atomic mass is 9.89. The predicted octanol–water partition coefficient (Wildman–Crippen LogP) is 4.89. The molecule has 0 amide bonds. The number of hydrogen-bond donors (Lipinski definition) is 0. The molecule has 0 spiro atoms. The first-order valence-corrected chi connectivity index (χ1v) is 6.10. The monoisotopic (exact) mass is 184 g/mol. The van der Waals surface area contributed by atoms with E-state index in [1.54, 1.807) is 0 Å². The number of hydrogen-bond acceptors (Lipinski definition) is 0. The van der Waals surface area contributed by atoms with Crippen molar-refractivity contribution >= 4 is 0 Å². The molecule has 0 saturated heterocycles. The Morgan fingerprint density at radius 2 is 1.15 bits per heavy atom. The normalized spacial score (nSPS) is 18.2. The molecule has 0 aromatic carbocycles. The maximum atomic E-state index is 2.41. The van der Waals surface area contributed by atoms with E-state index >= 15 is 0 Å². The molecule has 80 valence electrons. The molecule has 0 N–H and O–H groups in total. The second kappa shape index (κ2) is 7.41. The molecule has 0 rings (SSSR count). The molecule has 0 aliphatic rings. The van der Waals surface area contributed by atoms with Gasteiger partial charge in [-0.15, -0.1) is 0 Å². The van der Waals surface area contributed by atoms with Crippen LogP contribution in [0.5, 0.6) is 0 Å². The number of rotatable bonds is 7. The quantitative estimate of drug-likeness (QED) is 0.528. The lowest BCUT2D eigenvalue weighted by Crippen LogP contribution is -2.04. The van der Waals surface area contributed by atoms with Crippen molar-refractivity contribution in [3.05, 3.63) is 0 Å². The van der Waals surface area contributed by atoms with E-state index in [9.17, 15) is 0 Å². The molecule has 3 unspecified atom stereocenters. The highest BCUT2D eigenvalue weighted by Gasteiger charge is 2.08. The van der Waals surface area contributed by atoms with Crippen molar-refractivity contribution in [2.75, 3.05) is 0 Å². The van der Waals surface area contributed by atoms with Crippen LogP contribution >= 0.6 is 0 Å². The SMILES string of the molecule is CCC(C)CCC(C)CC(C)CC. The van der Waals surface area contributed by atoms with Crippen molar-refractivity contribution in [2.24, 2.45) is 17.8 Å². The minimum absolute atomic E-state index is 0.923. The average Bonchev–Trinajstić information content (AvgIpc) is 2.13. The van der Waals surface area contributed by atoms with E-state index in [0.29, 0.717) is 0 Å². The van der Waals surface area contributed by atoms with Gasteiger partial charge < -0.3 is 0 Å². The van der Waals surface area contributed by atoms with Crippen molar-refractivity contribution in [1.29, 1.82) is 0 Å². The van der Waals surface area contributed by atoms with Gasteiger partial charge in [-0.1, -0.05) is 60.3 Å². The van der Waals surface area contributed by atoms with Crippen LogP contribution in [0.4, 0.5) is 0 Å². The standard InChI is InChI=1S/C13H28/c1-6-11(3)8-9-13(5)10-12(4)7-2/h11-13H,6-10H2,1-5H3. The van der Waals surface area contributed by atoms with Crippen LogP contribution in [0.3, 0.4) is 0 Å². The van der Waals surface area contributed by atoms with Gasteiger partial charge in [0.15, 0.2) is 0 Å². The first-order chi connectivity index (χ1) is 6.10. The molecule has 0 saturated carbocycles. The van der Waals surface area contributed by atoms with Crippen LogP contribution in [0.2, 0.25) is 0 Å². The topological polar surface area (TPSA) is 0 Å². The fourth-order valence-corrected chi connectivity index (χ4v) is 1.74. The van der Waals surface area contributed by atoms with E-state index < -0.39 is 0 Å². The summed E-state index contributed by atoms with van der Waals surface area (Å²) >= 11 is 0. The van der Waals surface area contributed by atoms with Crippen molar-refractivity contribution in [1.82, 2.24) is 0 Å². The molecule has 0 heteroatoms. The molecule has 13 heavy (non-hydrogen) atoms. The van der Waals surface area contributed by atoms with E-state index in [-0.39, 0.29) is 0 Å². The van der Waals surface area contributed by atoms with Gasteiger partial charge in [-0.25, -0.2) is 0 Å². The van der Waals surface area contributed by atoms with Crippen LogP contribution in [0.1, 0.15) is 66.7 Å². The summed E-state index contributed by atoms with van der Waals surface area (Å²) in [6.07, 6.45) is 6.96. The van der Waals surface area contributed by atoms with Crippen LogP contribution in [0.25, 0.3) is 0 Å². The van der Waals surface area contributed by atoms with Gasteiger partial charge in [0.2, 0.25) is 0 Å². The summed E-state index contributed by atoms with van der Waals surface area (Å²) in [4.78, 5) is 0. The zero-order valence-electron chi connectivity index (χ0n) is 10.3. The molecule has 3 atom stereocenters. The Morgan fingerprint density at radius 1 is 0.692 bits per heavy atom. The molecule has 0 heterocycles. The molecule has 0 aliphatic heterocycles. The third-order valence-corrected chi connectivity index (χ3v) is 3.35. The minimum Gasteiger partial charge on any atom is -0.0651 e. The van der Waals surface area contributed by atoms with E-state index in [0.717, 1.165) is 17.8 Å². The second-order valence-electron chi connectivity index (χ2n) is 4.95. The van der Waals surface area contributed by atoms with Gasteiger partial charge in [-0.2, -0.15) is 0 Å².